The minimum Gasteiger partial charge on any atom is -0.462 e. The molecule has 3 aromatic rings. The highest BCUT2D eigenvalue weighted by atomic mass is 32.2. The predicted octanol–water partition coefficient (Wildman–Crippen LogP) is 4.81. The minimum absolute atomic E-state index is 0.0574. The summed E-state index contributed by atoms with van der Waals surface area (Å²) in [6.07, 6.45) is -1.20. The molecule has 0 spiro atoms. The number of hydrogen-bond donors (Lipinski definition) is 1. The third-order valence-corrected chi connectivity index (χ3v) is 8.77. The Labute approximate surface area is 226 Å². The van der Waals surface area contributed by atoms with E-state index >= 15 is 0 Å². The van der Waals surface area contributed by atoms with Gasteiger partial charge in [0.2, 0.25) is 10.0 Å². The van der Waals surface area contributed by atoms with Crippen molar-refractivity contribution in [1.82, 2.24) is 4.31 Å². The van der Waals surface area contributed by atoms with Gasteiger partial charge in [-0.25, -0.2) is 18.0 Å². The lowest BCUT2D eigenvalue weighted by Crippen LogP contribution is -2.31. The quantitative estimate of drug-likeness (QED) is 0.336. The van der Waals surface area contributed by atoms with Crippen molar-refractivity contribution in [2.24, 2.45) is 0 Å². The second-order valence-electron chi connectivity index (χ2n) is 8.09. The first-order valence-electron chi connectivity index (χ1n) is 12.1. The van der Waals surface area contributed by atoms with Crippen molar-refractivity contribution in [3.8, 4) is 10.4 Å². The molecule has 0 aliphatic carbocycles. The number of anilines is 1. The van der Waals surface area contributed by atoms with E-state index in [4.69, 9.17) is 9.47 Å². The Morgan fingerprint density at radius 3 is 2.16 bits per heavy atom. The van der Waals surface area contributed by atoms with E-state index in [0.717, 1.165) is 10.4 Å². The number of carbonyl (C=O) groups excluding carboxylic acids is 3. The molecular formula is C27H30N2O7S2. The van der Waals surface area contributed by atoms with Gasteiger partial charge in [0, 0.05) is 18.0 Å². The van der Waals surface area contributed by atoms with Crippen LogP contribution in [0.25, 0.3) is 10.4 Å². The first-order valence-corrected chi connectivity index (χ1v) is 14.4. The van der Waals surface area contributed by atoms with E-state index in [-0.39, 0.29) is 27.6 Å². The largest absolute Gasteiger partial charge is 0.462 e. The molecule has 2 aromatic carbocycles. The molecule has 0 bridgehead atoms. The van der Waals surface area contributed by atoms with Crippen molar-refractivity contribution in [2.45, 2.75) is 38.7 Å². The number of carbonyl (C=O) groups is 3. The van der Waals surface area contributed by atoms with Crippen molar-refractivity contribution in [1.29, 1.82) is 0 Å². The van der Waals surface area contributed by atoms with E-state index in [1.807, 2.05) is 30.3 Å². The summed E-state index contributed by atoms with van der Waals surface area (Å²) in [5.41, 5.74) is 1.17. The summed E-state index contributed by atoms with van der Waals surface area (Å²) in [4.78, 5) is 38.8. The molecule has 11 heteroatoms. The number of esters is 2. The zero-order chi connectivity index (χ0) is 27.9. The van der Waals surface area contributed by atoms with Crippen molar-refractivity contribution < 1.29 is 32.3 Å². The number of amides is 1. The fraction of sp³-hybridized carbons (Fsp3) is 0.296. The van der Waals surface area contributed by atoms with Gasteiger partial charge < -0.3 is 14.8 Å². The van der Waals surface area contributed by atoms with Gasteiger partial charge in [-0.3, -0.25) is 4.79 Å². The molecule has 1 N–H and O–H groups in total. The Morgan fingerprint density at radius 2 is 1.58 bits per heavy atom. The summed E-state index contributed by atoms with van der Waals surface area (Å²) in [6, 6.07) is 16.4. The molecule has 38 heavy (non-hydrogen) atoms. The van der Waals surface area contributed by atoms with Crippen LogP contribution in [0.2, 0.25) is 0 Å². The number of hydrogen-bond acceptors (Lipinski definition) is 8. The van der Waals surface area contributed by atoms with E-state index in [0.29, 0.717) is 13.1 Å². The Kier molecular flexibility index (Phi) is 9.78. The summed E-state index contributed by atoms with van der Waals surface area (Å²) >= 11 is 1.20. The van der Waals surface area contributed by atoms with Crippen LogP contribution in [0.3, 0.4) is 0 Å². The first kappa shape index (κ1) is 29.0. The fourth-order valence-corrected chi connectivity index (χ4v) is 6.07. The number of nitrogens with one attached hydrogen (secondary N) is 1. The molecule has 1 atom stereocenters. The first-order chi connectivity index (χ1) is 18.1. The highest BCUT2D eigenvalue weighted by Crippen LogP contribution is 2.36. The topological polar surface area (TPSA) is 119 Å². The molecule has 0 aliphatic rings. The van der Waals surface area contributed by atoms with Gasteiger partial charge in [0.05, 0.1) is 22.6 Å². The van der Waals surface area contributed by atoms with Crippen molar-refractivity contribution >= 4 is 44.2 Å². The molecule has 0 aliphatic heterocycles. The molecule has 0 saturated heterocycles. The highest BCUT2D eigenvalue weighted by Gasteiger charge is 2.25. The number of nitrogens with zero attached hydrogens (tertiary/aromatic N) is 1. The van der Waals surface area contributed by atoms with E-state index in [2.05, 4.69) is 5.32 Å². The molecular weight excluding hydrogens is 528 g/mol. The van der Waals surface area contributed by atoms with Crippen LogP contribution in [0, 0.1) is 0 Å². The minimum atomic E-state index is -3.67. The standard InChI is InChI=1S/C27H30N2O7S2/c1-5-29(6-2)38(33,34)21-15-13-20(14-16-21)26(31)36-18(4)24(30)28-25-22(27(32)35-7-3)17-23(37-25)19-11-9-8-10-12-19/h8-18H,5-7H2,1-4H3,(H,28,30). The third kappa shape index (κ3) is 6.66. The van der Waals surface area contributed by atoms with Gasteiger partial charge in [0.25, 0.3) is 5.91 Å². The van der Waals surface area contributed by atoms with Gasteiger partial charge in [-0.1, -0.05) is 44.2 Å². The van der Waals surface area contributed by atoms with Crippen molar-refractivity contribution in [3.05, 3.63) is 71.8 Å². The molecule has 3 rings (SSSR count). The Hall–Kier alpha value is -3.54. The van der Waals surface area contributed by atoms with Gasteiger partial charge in [-0.15, -0.1) is 11.3 Å². The second kappa shape index (κ2) is 12.8. The van der Waals surface area contributed by atoms with Crippen LogP contribution in [0.5, 0.6) is 0 Å². The summed E-state index contributed by atoms with van der Waals surface area (Å²) < 4.78 is 37.0. The Morgan fingerprint density at radius 1 is 0.947 bits per heavy atom. The van der Waals surface area contributed by atoms with E-state index in [1.165, 1.54) is 46.8 Å². The lowest BCUT2D eigenvalue weighted by molar-refractivity contribution is -0.123. The Balaban J connectivity index is 1.73. The number of benzene rings is 2. The summed E-state index contributed by atoms with van der Waals surface area (Å²) in [5, 5.41) is 2.95. The molecule has 0 radical (unpaired) electrons. The van der Waals surface area contributed by atoms with Gasteiger partial charge in [0.1, 0.15) is 5.00 Å². The Bertz CT molecular complexity index is 1380. The fourth-order valence-electron chi connectivity index (χ4n) is 3.56. The zero-order valence-electron chi connectivity index (χ0n) is 21.6. The average Bonchev–Trinajstić information content (AvgIpc) is 3.33. The normalized spacial score (nSPS) is 12.1. The van der Waals surface area contributed by atoms with Gasteiger partial charge in [-0.2, -0.15) is 4.31 Å². The maximum absolute atomic E-state index is 12.9. The third-order valence-electron chi connectivity index (χ3n) is 5.61. The monoisotopic (exact) mass is 558 g/mol. The summed E-state index contributed by atoms with van der Waals surface area (Å²) in [6.45, 7) is 7.40. The number of ether oxygens (including phenoxy) is 2. The van der Waals surface area contributed by atoms with Gasteiger partial charge in [-0.05, 0) is 49.7 Å². The average molecular weight is 559 g/mol. The van der Waals surface area contributed by atoms with E-state index in [1.54, 1.807) is 26.8 Å². The van der Waals surface area contributed by atoms with Crippen LogP contribution in [-0.2, 0) is 24.3 Å². The van der Waals surface area contributed by atoms with Crippen LogP contribution in [0.15, 0.2) is 65.6 Å². The van der Waals surface area contributed by atoms with Crippen molar-refractivity contribution in [3.63, 3.8) is 0 Å². The smallest absolute Gasteiger partial charge is 0.341 e. The SMILES string of the molecule is CCOC(=O)c1cc(-c2ccccc2)sc1NC(=O)C(C)OC(=O)c1ccc(S(=O)(=O)N(CC)CC)cc1. The molecule has 1 aromatic heterocycles. The zero-order valence-corrected chi connectivity index (χ0v) is 23.2. The maximum Gasteiger partial charge on any atom is 0.341 e. The van der Waals surface area contributed by atoms with Crippen LogP contribution in [-0.4, -0.2) is 56.4 Å². The molecule has 0 fully saturated rings. The highest BCUT2D eigenvalue weighted by molar-refractivity contribution is 7.89. The predicted molar refractivity (Wildman–Crippen MR) is 146 cm³/mol. The van der Waals surface area contributed by atoms with Crippen LogP contribution < -0.4 is 5.32 Å². The summed E-state index contributed by atoms with van der Waals surface area (Å²) in [5.74, 6) is -2.00. The lowest BCUT2D eigenvalue weighted by atomic mass is 10.1. The van der Waals surface area contributed by atoms with Gasteiger partial charge >= 0.3 is 11.9 Å². The summed E-state index contributed by atoms with van der Waals surface area (Å²) in [7, 11) is -3.67. The number of rotatable bonds is 11. The molecule has 1 amide bonds. The van der Waals surface area contributed by atoms with Crippen LogP contribution in [0.4, 0.5) is 5.00 Å². The lowest BCUT2D eigenvalue weighted by Gasteiger charge is -2.18. The van der Waals surface area contributed by atoms with E-state index in [9.17, 15) is 22.8 Å². The molecule has 1 unspecified atom stereocenters. The molecule has 0 saturated carbocycles. The molecule has 202 valence electrons. The van der Waals surface area contributed by atoms with E-state index < -0.39 is 34.0 Å². The van der Waals surface area contributed by atoms with Gasteiger partial charge in [0.15, 0.2) is 6.10 Å². The maximum atomic E-state index is 12.9. The van der Waals surface area contributed by atoms with Crippen LogP contribution in [0.1, 0.15) is 48.4 Å². The van der Waals surface area contributed by atoms with Crippen molar-refractivity contribution in [2.75, 3.05) is 25.0 Å². The molecule has 9 nitrogen and oxygen atoms in total. The number of thiophene rings is 1. The van der Waals surface area contributed by atoms with Crippen LogP contribution >= 0.6 is 11.3 Å². The number of sulfonamides is 1. The second-order valence-corrected chi connectivity index (χ2v) is 11.1. The molecule has 1 heterocycles.